The van der Waals surface area contributed by atoms with E-state index in [2.05, 4.69) is 10.0 Å². The van der Waals surface area contributed by atoms with Crippen molar-refractivity contribution in [1.82, 2.24) is 14.5 Å². The summed E-state index contributed by atoms with van der Waals surface area (Å²) >= 11 is 0. The van der Waals surface area contributed by atoms with Gasteiger partial charge in [-0.25, -0.2) is 27.0 Å². The molecule has 1 atom stereocenters. The number of halogens is 1. The number of pyridine rings is 2. The van der Waals surface area contributed by atoms with Gasteiger partial charge in [0.1, 0.15) is 17.4 Å². The molecule has 0 unspecified atom stereocenters. The maximum atomic E-state index is 15.1. The van der Waals surface area contributed by atoms with Crippen LogP contribution >= 0.6 is 0 Å². The van der Waals surface area contributed by atoms with Crippen molar-refractivity contribution in [3.05, 3.63) is 123 Å². The molecule has 5 rings (SSSR count). The molecule has 3 aromatic heterocycles. The smallest absolute Gasteiger partial charge is 0.336 e. The number of nitrogens with zero attached hydrogens (tertiary/aromatic N) is 4. The zero-order valence-electron chi connectivity index (χ0n) is 26.3. The van der Waals surface area contributed by atoms with Crippen LogP contribution in [0.1, 0.15) is 29.8 Å². The Balaban J connectivity index is 1.36. The van der Waals surface area contributed by atoms with E-state index in [1.54, 1.807) is 26.0 Å². The number of amides is 1. The lowest BCUT2D eigenvalue weighted by Crippen LogP contribution is -2.44. The van der Waals surface area contributed by atoms with Crippen molar-refractivity contribution >= 4 is 38.5 Å². The molecule has 0 saturated heterocycles. The van der Waals surface area contributed by atoms with Crippen LogP contribution in [0.3, 0.4) is 0 Å². The Morgan fingerprint density at radius 1 is 0.959 bits per heavy atom. The lowest BCUT2D eigenvalue weighted by molar-refractivity contribution is -0.905. The van der Waals surface area contributed by atoms with Crippen LogP contribution in [0.25, 0.3) is 16.6 Å². The van der Waals surface area contributed by atoms with Gasteiger partial charge >= 0.3 is 11.7 Å². The molecule has 0 aliphatic carbocycles. The Bertz CT molecular complexity index is 2310. The summed E-state index contributed by atoms with van der Waals surface area (Å²) in [6.07, 6.45) is 4.03. The fourth-order valence-electron chi connectivity index (χ4n) is 4.93. The van der Waals surface area contributed by atoms with Crippen LogP contribution in [-0.4, -0.2) is 52.0 Å². The van der Waals surface area contributed by atoms with Crippen LogP contribution in [0, 0.1) is 5.82 Å². The van der Waals surface area contributed by atoms with Gasteiger partial charge in [0.05, 0.1) is 33.3 Å². The summed E-state index contributed by atoms with van der Waals surface area (Å²) in [5.41, 5.74) is -0.984. The van der Waals surface area contributed by atoms with Crippen molar-refractivity contribution in [2.75, 3.05) is 4.72 Å². The number of carbonyl (C=O) groups excluding carboxylic acids is 2. The monoisotopic (exact) mass is 694 g/mol. The average molecular weight is 695 g/mol. The predicted octanol–water partition coefficient (Wildman–Crippen LogP) is 0.972. The average Bonchev–Trinajstić information content (AvgIpc) is 3.04. The second-order valence-electron chi connectivity index (χ2n) is 11.2. The van der Waals surface area contributed by atoms with E-state index in [-0.39, 0.29) is 33.6 Å². The first-order valence-electron chi connectivity index (χ1n) is 14.6. The molecule has 254 valence electrons. The third-order valence-electron chi connectivity index (χ3n) is 7.33. The van der Waals surface area contributed by atoms with Crippen molar-refractivity contribution in [3.63, 3.8) is 0 Å². The summed E-state index contributed by atoms with van der Waals surface area (Å²) in [5.74, 6) is -2.85. The molecule has 17 heteroatoms. The number of fused-ring (bicyclic) bond motifs is 1. The molecule has 0 aliphatic heterocycles. The van der Waals surface area contributed by atoms with Gasteiger partial charge in [-0.3, -0.25) is 29.3 Å². The number of benzene rings is 2. The third-order valence-corrected chi connectivity index (χ3v) is 8.73. The van der Waals surface area contributed by atoms with E-state index in [0.29, 0.717) is 10.3 Å². The van der Waals surface area contributed by atoms with Crippen molar-refractivity contribution in [1.29, 1.82) is 0 Å². The summed E-state index contributed by atoms with van der Waals surface area (Å²) in [4.78, 5) is 52.2. The molecule has 3 heterocycles. The number of esters is 1. The van der Waals surface area contributed by atoms with Gasteiger partial charge in [-0.2, -0.15) is 0 Å². The van der Waals surface area contributed by atoms with Gasteiger partial charge in [0.15, 0.2) is 0 Å². The van der Waals surface area contributed by atoms with Crippen molar-refractivity contribution in [2.45, 2.75) is 37.3 Å². The molecule has 0 spiro atoms. The maximum Gasteiger partial charge on any atom is 0.336 e. The second kappa shape index (κ2) is 13.6. The van der Waals surface area contributed by atoms with E-state index in [1.807, 2.05) is 0 Å². The molecule has 1 amide bonds. The van der Waals surface area contributed by atoms with Gasteiger partial charge in [0, 0.05) is 41.1 Å². The Morgan fingerprint density at radius 3 is 2.24 bits per heavy atom. The first-order valence-corrected chi connectivity index (χ1v) is 16.1. The molecule has 15 nitrogen and oxygen atoms in total. The van der Waals surface area contributed by atoms with Crippen LogP contribution in [0.2, 0.25) is 0 Å². The SMILES string of the molecule is CC(C)OC(=O)[C@H](Cc1ccc(-n2c(=O)c3cc[n+](O)cc3n(C)c2=O)cc1)NC(=O)c1ccc(NS(=O)(=O)c2cc[n+](O)cc2)cc1F. The number of nitrogens with one attached hydrogen (secondary N) is 2. The van der Waals surface area contributed by atoms with Crippen LogP contribution in [0.15, 0.2) is 99.9 Å². The molecule has 0 fully saturated rings. The van der Waals surface area contributed by atoms with E-state index in [0.717, 1.165) is 46.0 Å². The molecule has 4 N–H and O–H groups in total. The fraction of sp³-hybridized carbons (Fsp3) is 0.188. The third kappa shape index (κ3) is 7.41. The van der Waals surface area contributed by atoms with Crippen LogP contribution < -0.4 is 30.7 Å². The summed E-state index contributed by atoms with van der Waals surface area (Å²) < 4.78 is 51.4. The first kappa shape index (κ1) is 34.2. The summed E-state index contributed by atoms with van der Waals surface area (Å²) in [5, 5.41) is 21.7. The molecule has 0 radical (unpaired) electrons. The van der Waals surface area contributed by atoms with Gasteiger partial charge in [-0.05, 0) is 49.7 Å². The zero-order chi connectivity index (χ0) is 35.6. The number of hydrogen-bond donors (Lipinski definition) is 4. The molecule has 0 saturated carbocycles. The topological polar surface area (TPSA) is 194 Å². The van der Waals surface area contributed by atoms with E-state index in [1.165, 1.54) is 48.3 Å². The number of carbonyl (C=O) groups is 2. The van der Waals surface area contributed by atoms with Gasteiger partial charge < -0.3 is 10.1 Å². The van der Waals surface area contributed by atoms with Gasteiger partial charge in [-0.1, -0.05) is 12.1 Å². The highest BCUT2D eigenvalue weighted by Crippen LogP contribution is 2.20. The second-order valence-corrected chi connectivity index (χ2v) is 12.9. The molecular weight excluding hydrogens is 663 g/mol. The molecule has 5 aromatic rings. The van der Waals surface area contributed by atoms with Crippen molar-refractivity contribution < 1.29 is 47.0 Å². The normalized spacial score (nSPS) is 12.1. The molecular formula is C32H31FN6O9S+2. The van der Waals surface area contributed by atoms with Crippen molar-refractivity contribution in [3.8, 4) is 5.69 Å². The number of hydrogen-bond acceptors (Lipinski definition) is 9. The quantitative estimate of drug-likeness (QED) is 0.0937. The van der Waals surface area contributed by atoms with Crippen LogP contribution in [0.4, 0.5) is 10.1 Å². The number of aryl methyl sites for hydroxylation is 1. The van der Waals surface area contributed by atoms with E-state index >= 15 is 4.39 Å². The Labute approximate surface area is 277 Å². The Morgan fingerprint density at radius 2 is 1.61 bits per heavy atom. The highest BCUT2D eigenvalue weighted by molar-refractivity contribution is 7.92. The molecule has 2 aromatic carbocycles. The summed E-state index contributed by atoms with van der Waals surface area (Å²) in [6, 6.07) is 11.5. The molecule has 0 aliphatic rings. The largest absolute Gasteiger partial charge is 0.461 e. The highest BCUT2D eigenvalue weighted by Gasteiger charge is 2.26. The Kier molecular flexibility index (Phi) is 9.47. The molecule has 49 heavy (non-hydrogen) atoms. The minimum atomic E-state index is -4.15. The minimum Gasteiger partial charge on any atom is -0.461 e. The van der Waals surface area contributed by atoms with E-state index < -0.39 is 56.7 Å². The Hall–Kier alpha value is -6.10. The molecule has 0 bridgehead atoms. The van der Waals surface area contributed by atoms with Crippen LogP contribution in [0.5, 0.6) is 0 Å². The van der Waals surface area contributed by atoms with Gasteiger partial charge in [-0.15, -0.1) is 0 Å². The van der Waals surface area contributed by atoms with E-state index in [4.69, 9.17) is 4.74 Å². The van der Waals surface area contributed by atoms with E-state index in [9.17, 15) is 38.0 Å². The lowest BCUT2D eigenvalue weighted by Gasteiger charge is -2.20. The standard InChI is InChI=1S/C32H30FN6O9S/c1-19(2)48-31(42)27(34-29(40)24-9-6-21(17-26(24)33)35-49(46,47)23-10-13-37(44)14-11-23)16-20-4-7-22(8-5-20)39-30(41)25-12-15-38(45)18-28(25)36(3)32(39)43/h4-15,17-19,27H,16H2,1-3H3,(H3-,34,35,40,41,44,45)/q+1/p+1/t27-/m0/s1. The lowest BCUT2D eigenvalue weighted by atomic mass is 10.0. The summed E-state index contributed by atoms with van der Waals surface area (Å²) in [6.45, 7) is 3.23. The van der Waals surface area contributed by atoms with Gasteiger partial charge in [0.2, 0.25) is 24.8 Å². The number of ether oxygens (including phenoxy) is 1. The number of sulfonamides is 1. The minimum absolute atomic E-state index is 0.108. The maximum absolute atomic E-state index is 15.1. The van der Waals surface area contributed by atoms with Crippen molar-refractivity contribution in [2.24, 2.45) is 7.05 Å². The fourth-order valence-corrected chi connectivity index (χ4v) is 5.97. The van der Waals surface area contributed by atoms with Gasteiger partial charge in [0.25, 0.3) is 21.5 Å². The highest BCUT2D eigenvalue weighted by atomic mass is 32.2. The van der Waals surface area contributed by atoms with Crippen LogP contribution in [-0.2, 0) is 33.0 Å². The predicted molar refractivity (Wildman–Crippen MR) is 169 cm³/mol. The first-order chi connectivity index (χ1) is 23.1. The summed E-state index contributed by atoms with van der Waals surface area (Å²) in [7, 11) is -2.69. The zero-order valence-corrected chi connectivity index (χ0v) is 27.1. The number of rotatable bonds is 10. The number of aromatic nitrogens is 4. The number of anilines is 1.